The second-order valence-electron chi connectivity index (χ2n) is 8.13. The molecule has 1 amide bonds. The highest BCUT2D eigenvalue weighted by Gasteiger charge is 2.24. The first kappa shape index (κ1) is 26.4. The molecule has 0 fully saturated rings. The van der Waals surface area contributed by atoms with Crippen molar-refractivity contribution in [3.63, 3.8) is 0 Å². The van der Waals surface area contributed by atoms with E-state index in [0.29, 0.717) is 37.9 Å². The van der Waals surface area contributed by atoms with E-state index in [2.05, 4.69) is 18.0 Å². The Morgan fingerprint density at radius 2 is 1.64 bits per heavy atom. The van der Waals surface area contributed by atoms with Crippen molar-refractivity contribution in [2.24, 2.45) is 0 Å². The second kappa shape index (κ2) is 10.8. The number of halogens is 2. The number of aromatic nitrogens is 1. The van der Waals surface area contributed by atoms with Crippen LogP contribution in [0.2, 0.25) is 10.0 Å². The van der Waals surface area contributed by atoms with Gasteiger partial charge in [0.1, 0.15) is 5.60 Å². The van der Waals surface area contributed by atoms with Crippen molar-refractivity contribution in [1.29, 1.82) is 0 Å². The number of carbonyl (C=O) groups is 2. The molecule has 3 aromatic rings. The quantitative estimate of drug-likeness (QED) is 0.462. The molecule has 1 heterocycles. The number of nitrogens with zero attached hydrogens (tertiary/aromatic N) is 2. The van der Waals surface area contributed by atoms with Crippen molar-refractivity contribution in [2.45, 2.75) is 26.4 Å². The minimum Gasteiger partial charge on any atom is -0.443 e. The zero-order valence-electron chi connectivity index (χ0n) is 18.6. The standard InChI is InChI=1S/C22H23Cl2N3O4.OS/c1-22(2,3)30-21(29)27-12-18(20(28)26(4)5)17-7-6-16(11-19(17)27)31-25-15-9-13(23)8-14(24)10-15;1-2/h6-12,25H,1-5H3;. The molecule has 0 aliphatic carbocycles. The van der Waals surface area contributed by atoms with Gasteiger partial charge in [-0.3, -0.25) is 9.36 Å². The topological polar surface area (TPSA) is 89.9 Å². The molecule has 0 aliphatic rings. The van der Waals surface area contributed by atoms with E-state index in [-0.39, 0.29) is 5.91 Å². The summed E-state index contributed by atoms with van der Waals surface area (Å²) >= 11 is 14.8. The summed E-state index contributed by atoms with van der Waals surface area (Å²) in [7, 11) is 3.30. The molecule has 0 aliphatic heterocycles. The Morgan fingerprint density at radius 3 is 2.18 bits per heavy atom. The van der Waals surface area contributed by atoms with Crippen LogP contribution in [0.5, 0.6) is 5.75 Å². The van der Waals surface area contributed by atoms with Crippen molar-refractivity contribution in [3.05, 3.63) is 58.2 Å². The summed E-state index contributed by atoms with van der Waals surface area (Å²) in [5, 5.41) is 1.52. The lowest BCUT2D eigenvalue weighted by atomic mass is 10.1. The molecule has 33 heavy (non-hydrogen) atoms. The average molecular weight is 512 g/mol. The van der Waals surface area contributed by atoms with Crippen LogP contribution in [0.3, 0.4) is 0 Å². The summed E-state index contributed by atoms with van der Waals surface area (Å²) in [6, 6.07) is 9.97. The fraction of sp³-hybridized carbons (Fsp3) is 0.273. The van der Waals surface area contributed by atoms with Gasteiger partial charge in [-0.1, -0.05) is 23.2 Å². The Labute approximate surface area is 206 Å². The summed E-state index contributed by atoms with van der Waals surface area (Å²) in [6.07, 6.45) is 0.886. The van der Waals surface area contributed by atoms with Crippen LogP contribution in [0.25, 0.3) is 10.9 Å². The van der Waals surface area contributed by atoms with Gasteiger partial charge >= 0.3 is 6.09 Å². The molecule has 0 saturated carbocycles. The molecule has 0 saturated heterocycles. The summed E-state index contributed by atoms with van der Waals surface area (Å²) < 4.78 is 14.6. The summed E-state index contributed by atoms with van der Waals surface area (Å²) in [5.74, 6) is 0.183. The van der Waals surface area contributed by atoms with E-state index in [0.717, 1.165) is 0 Å². The van der Waals surface area contributed by atoms with Gasteiger partial charge in [0.05, 0.1) is 16.8 Å². The number of anilines is 1. The largest absolute Gasteiger partial charge is 0.443 e. The Bertz CT molecular complexity index is 1150. The Kier molecular flexibility index (Phi) is 8.65. The van der Waals surface area contributed by atoms with Gasteiger partial charge in [0.25, 0.3) is 5.91 Å². The van der Waals surface area contributed by atoms with E-state index in [1.165, 1.54) is 15.7 Å². The zero-order chi connectivity index (χ0) is 24.9. The Balaban J connectivity index is 0.00000187. The molecule has 0 bridgehead atoms. The molecular formula is C22H23Cl2N3O5S. The number of carbonyl (C=O) groups excluding carboxylic acids is 2. The van der Waals surface area contributed by atoms with Crippen molar-refractivity contribution < 1.29 is 23.4 Å². The van der Waals surface area contributed by atoms with E-state index in [4.69, 9.17) is 37.0 Å². The fourth-order valence-electron chi connectivity index (χ4n) is 2.87. The molecule has 0 unspecified atom stereocenters. The van der Waals surface area contributed by atoms with E-state index in [1.54, 1.807) is 71.3 Å². The van der Waals surface area contributed by atoms with E-state index < -0.39 is 11.7 Å². The molecule has 1 aromatic heterocycles. The van der Waals surface area contributed by atoms with E-state index in [9.17, 15) is 9.59 Å². The number of hydrogen-bond acceptors (Lipinski definition) is 7. The highest BCUT2D eigenvalue weighted by atomic mass is 35.5. The maximum Gasteiger partial charge on any atom is 0.419 e. The third-order valence-electron chi connectivity index (χ3n) is 4.15. The van der Waals surface area contributed by atoms with Gasteiger partial charge in [0.15, 0.2) is 18.3 Å². The van der Waals surface area contributed by atoms with Gasteiger partial charge in [0, 0.05) is 41.8 Å². The highest BCUT2D eigenvalue weighted by molar-refractivity contribution is 7.44. The minimum absolute atomic E-state index is 0.229. The monoisotopic (exact) mass is 511 g/mol. The van der Waals surface area contributed by atoms with Crippen molar-refractivity contribution in [1.82, 2.24) is 9.47 Å². The molecule has 8 nitrogen and oxygen atoms in total. The van der Waals surface area contributed by atoms with E-state index in [1.807, 2.05) is 0 Å². The number of benzene rings is 2. The van der Waals surface area contributed by atoms with E-state index >= 15 is 0 Å². The number of rotatable bonds is 4. The van der Waals surface area contributed by atoms with Gasteiger partial charge in [-0.05, 0) is 51.1 Å². The molecule has 176 valence electrons. The predicted molar refractivity (Wildman–Crippen MR) is 130 cm³/mol. The van der Waals surface area contributed by atoms with Crippen LogP contribution in [-0.4, -0.2) is 45.4 Å². The molecule has 1 N–H and O–H groups in total. The van der Waals surface area contributed by atoms with Gasteiger partial charge in [-0.25, -0.2) is 10.3 Å². The smallest absolute Gasteiger partial charge is 0.419 e. The second-order valence-corrected chi connectivity index (χ2v) is 9.01. The third-order valence-corrected chi connectivity index (χ3v) is 4.59. The number of nitrogens with one attached hydrogen (secondary N) is 1. The molecule has 0 atom stereocenters. The maximum atomic E-state index is 12.8. The molecular weight excluding hydrogens is 489 g/mol. The normalized spacial score (nSPS) is 10.8. The summed E-state index contributed by atoms with van der Waals surface area (Å²) in [4.78, 5) is 32.5. The fourth-order valence-corrected chi connectivity index (χ4v) is 3.40. The first-order valence-electron chi connectivity index (χ1n) is 9.60. The van der Waals surface area contributed by atoms with Crippen molar-refractivity contribution in [3.8, 4) is 5.75 Å². The van der Waals surface area contributed by atoms with Crippen LogP contribution < -0.4 is 10.3 Å². The van der Waals surface area contributed by atoms with Crippen LogP contribution in [0, 0.1) is 0 Å². The molecule has 2 aromatic carbocycles. The molecule has 11 heteroatoms. The lowest BCUT2D eigenvalue weighted by Crippen LogP contribution is -2.27. The van der Waals surface area contributed by atoms with Crippen molar-refractivity contribution in [2.75, 3.05) is 19.6 Å². The zero-order valence-corrected chi connectivity index (χ0v) is 21.0. The van der Waals surface area contributed by atoms with Gasteiger partial charge in [-0.2, -0.15) is 4.21 Å². The predicted octanol–water partition coefficient (Wildman–Crippen LogP) is 5.50. The number of hydrogen-bond donors (Lipinski definition) is 1. The lowest BCUT2D eigenvalue weighted by molar-refractivity contribution is 0.0544. The number of ether oxygens (including phenoxy) is 1. The SMILES string of the molecule is CN(C)C(=O)c1cn(C(=O)OC(C)(C)C)c2cc(ONc3cc(Cl)cc(Cl)c3)ccc12.O=S. The van der Waals surface area contributed by atoms with Gasteiger partial charge in [0.2, 0.25) is 0 Å². The maximum absolute atomic E-state index is 12.8. The first-order valence-corrected chi connectivity index (χ1v) is 10.7. The van der Waals surface area contributed by atoms with Crippen molar-refractivity contribution >= 4 is 64.3 Å². The van der Waals surface area contributed by atoms with Crippen LogP contribution in [0.4, 0.5) is 10.5 Å². The number of fused-ring (bicyclic) bond motifs is 1. The first-order chi connectivity index (χ1) is 15.4. The third kappa shape index (κ3) is 6.80. The Hall–Kier alpha value is -2.88. The highest BCUT2D eigenvalue weighted by Crippen LogP contribution is 2.29. The van der Waals surface area contributed by atoms with Crippen LogP contribution >= 0.6 is 23.2 Å². The van der Waals surface area contributed by atoms with Gasteiger partial charge in [-0.15, -0.1) is 0 Å². The Morgan fingerprint density at radius 1 is 1.03 bits per heavy atom. The molecule has 0 spiro atoms. The number of amides is 1. The molecule has 0 radical (unpaired) electrons. The lowest BCUT2D eigenvalue weighted by Gasteiger charge is -2.19. The van der Waals surface area contributed by atoms with Crippen LogP contribution in [0.15, 0.2) is 42.6 Å². The minimum atomic E-state index is -0.694. The summed E-state index contributed by atoms with van der Waals surface area (Å²) in [6.45, 7) is 5.32. The van der Waals surface area contributed by atoms with Crippen LogP contribution in [-0.2, 0) is 17.3 Å². The average Bonchev–Trinajstić information content (AvgIpc) is 3.10. The summed E-state index contributed by atoms with van der Waals surface area (Å²) in [5.41, 5.74) is 3.49. The van der Waals surface area contributed by atoms with Gasteiger partial charge < -0.3 is 14.5 Å². The van der Waals surface area contributed by atoms with Crippen LogP contribution in [0.1, 0.15) is 31.1 Å². The molecule has 3 rings (SSSR count).